The predicted molar refractivity (Wildman–Crippen MR) is 128 cm³/mol. The van der Waals surface area contributed by atoms with Gasteiger partial charge in [0.25, 0.3) is 0 Å². The van der Waals surface area contributed by atoms with E-state index in [0.29, 0.717) is 5.95 Å². The first-order valence-corrected chi connectivity index (χ1v) is 11.1. The largest absolute Gasteiger partial charge is 0.354 e. The molecule has 0 bridgehead atoms. The third kappa shape index (κ3) is 4.19. The number of halogens is 1. The molecule has 5 rings (SSSR count). The average Bonchev–Trinajstić information content (AvgIpc) is 2.80. The summed E-state index contributed by atoms with van der Waals surface area (Å²) in [5.41, 5.74) is 8.58. The summed E-state index contributed by atoms with van der Waals surface area (Å²) in [6, 6.07) is 25.4. The Kier molecular flexibility index (Phi) is 5.44. The molecular formula is C27H24ClN3. The van der Waals surface area contributed by atoms with E-state index in [9.17, 15) is 0 Å². The molecule has 1 atom stereocenters. The van der Waals surface area contributed by atoms with Crippen LogP contribution in [0.1, 0.15) is 33.7 Å². The Morgan fingerprint density at radius 1 is 0.968 bits per heavy atom. The molecule has 1 aromatic heterocycles. The topological polar surface area (TPSA) is 37.8 Å². The Morgan fingerprint density at radius 3 is 2.55 bits per heavy atom. The fraction of sp³-hybridized carbons (Fsp3) is 0.185. The molecule has 4 heteroatoms. The molecule has 3 aromatic carbocycles. The van der Waals surface area contributed by atoms with Gasteiger partial charge in [-0.15, -0.1) is 0 Å². The van der Waals surface area contributed by atoms with Crippen molar-refractivity contribution in [3.05, 3.63) is 112 Å². The van der Waals surface area contributed by atoms with E-state index in [0.717, 1.165) is 30.1 Å². The van der Waals surface area contributed by atoms with Gasteiger partial charge in [0, 0.05) is 29.2 Å². The highest BCUT2D eigenvalue weighted by Crippen LogP contribution is 2.41. The van der Waals surface area contributed by atoms with Gasteiger partial charge in [-0.25, -0.2) is 9.97 Å². The number of anilines is 1. The number of nitrogens with one attached hydrogen (secondary N) is 1. The van der Waals surface area contributed by atoms with Crippen molar-refractivity contribution >= 4 is 17.5 Å². The lowest BCUT2D eigenvalue weighted by atomic mass is 9.78. The zero-order valence-electron chi connectivity index (χ0n) is 17.5. The first kappa shape index (κ1) is 19.8. The number of fused-ring (bicyclic) bond motifs is 3. The Labute approximate surface area is 188 Å². The van der Waals surface area contributed by atoms with Crippen LogP contribution in [0.3, 0.4) is 0 Å². The zero-order chi connectivity index (χ0) is 21.2. The van der Waals surface area contributed by atoms with Gasteiger partial charge in [0.2, 0.25) is 5.95 Å². The maximum Gasteiger partial charge on any atom is 0.223 e. The van der Waals surface area contributed by atoms with Crippen molar-refractivity contribution in [3.8, 4) is 11.3 Å². The van der Waals surface area contributed by atoms with E-state index in [2.05, 4.69) is 77.9 Å². The van der Waals surface area contributed by atoms with Gasteiger partial charge in [-0.1, -0.05) is 77.8 Å². The molecule has 1 unspecified atom stereocenters. The van der Waals surface area contributed by atoms with Gasteiger partial charge >= 0.3 is 0 Å². The minimum absolute atomic E-state index is 0.282. The smallest absolute Gasteiger partial charge is 0.223 e. The Hall–Kier alpha value is -3.17. The fourth-order valence-corrected chi connectivity index (χ4v) is 4.41. The summed E-state index contributed by atoms with van der Waals surface area (Å²) in [6.07, 6.45) is 3.81. The highest BCUT2D eigenvalue weighted by molar-refractivity contribution is 6.30. The summed E-state index contributed by atoms with van der Waals surface area (Å²) in [4.78, 5) is 9.51. The van der Waals surface area contributed by atoms with Crippen LogP contribution in [-0.4, -0.2) is 16.5 Å². The van der Waals surface area contributed by atoms with Crippen LogP contribution in [0.5, 0.6) is 0 Å². The molecule has 0 amide bonds. The molecule has 0 spiro atoms. The van der Waals surface area contributed by atoms with Crippen molar-refractivity contribution in [1.82, 2.24) is 9.97 Å². The van der Waals surface area contributed by atoms with Crippen molar-refractivity contribution in [3.63, 3.8) is 0 Å². The van der Waals surface area contributed by atoms with Crippen molar-refractivity contribution in [2.24, 2.45) is 0 Å². The van der Waals surface area contributed by atoms with Crippen LogP contribution in [-0.2, 0) is 12.8 Å². The first-order chi connectivity index (χ1) is 15.2. The van der Waals surface area contributed by atoms with E-state index in [1.54, 1.807) is 0 Å². The fourth-order valence-electron chi connectivity index (χ4n) is 4.29. The molecule has 4 aromatic rings. The summed E-state index contributed by atoms with van der Waals surface area (Å²) < 4.78 is 0. The zero-order valence-corrected chi connectivity index (χ0v) is 18.2. The summed E-state index contributed by atoms with van der Waals surface area (Å²) in [7, 11) is 0. The van der Waals surface area contributed by atoms with Crippen molar-refractivity contribution in [1.29, 1.82) is 0 Å². The summed E-state index contributed by atoms with van der Waals surface area (Å²) in [6.45, 7) is 2.91. The van der Waals surface area contributed by atoms with E-state index >= 15 is 0 Å². The number of nitrogens with zero attached hydrogens (tertiary/aromatic N) is 2. The van der Waals surface area contributed by atoms with Crippen LogP contribution in [0.4, 0.5) is 5.95 Å². The van der Waals surface area contributed by atoms with Gasteiger partial charge in [-0.3, -0.25) is 0 Å². The third-order valence-corrected chi connectivity index (χ3v) is 6.22. The molecule has 1 aliphatic carbocycles. The van der Waals surface area contributed by atoms with E-state index < -0.39 is 0 Å². The first-order valence-electron chi connectivity index (χ1n) is 10.7. The summed E-state index contributed by atoms with van der Waals surface area (Å²) >= 11 is 6.11. The molecular weight excluding hydrogens is 402 g/mol. The number of aromatic nitrogens is 2. The molecule has 154 valence electrons. The Balaban J connectivity index is 1.39. The van der Waals surface area contributed by atoms with Crippen molar-refractivity contribution < 1.29 is 0 Å². The molecule has 0 saturated heterocycles. The third-order valence-electron chi connectivity index (χ3n) is 5.97. The highest BCUT2D eigenvalue weighted by atomic mass is 35.5. The molecule has 0 saturated carbocycles. The summed E-state index contributed by atoms with van der Waals surface area (Å²) in [5, 5.41) is 4.16. The number of hydrogen-bond acceptors (Lipinski definition) is 3. The lowest BCUT2D eigenvalue weighted by molar-refractivity contribution is 0.781. The highest BCUT2D eigenvalue weighted by Gasteiger charge is 2.27. The second-order valence-corrected chi connectivity index (χ2v) is 8.56. The Morgan fingerprint density at radius 2 is 1.74 bits per heavy atom. The molecule has 3 nitrogen and oxygen atoms in total. The average molecular weight is 426 g/mol. The maximum atomic E-state index is 6.11. The van der Waals surface area contributed by atoms with Crippen LogP contribution in [0, 0.1) is 6.92 Å². The van der Waals surface area contributed by atoms with Crippen LogP contribution in [0.2, 0.25) is 5.02 Å². The molecule has 0 fully saturated rings. The quantitative estimate of drug-likeness (QED) is 0.399. The number of aryl methyl sites for hydroxylation is 1. The molecule has 1 aliphatic rings. The molecule has 1 heterocycles. The van der Waals surface area contributed by atoms with E-state index in [-0.39, 0.29) is 5.92 Å². The van der Waals surface area contributed by atoms with Crippen LogP contribution in [0.15, 0.2) is 79.0 Å². The van der Waals surface area contributed by atoms with E-state index in [4.69, 9.17) is 16.6 Å². The van der Waals surface area contributed by atoms with Crippen LogP contribution < -0.4 is 5.32 Å². The van der Waals surface area contributed by atoms with Gasteiger partial charge in [-0.2, -0.15) is 0 Å². The number of hydrogen-bond donors (Lipinski definition) is 1. The summed E-state index contributed by atoms with van der Waals surface area (Å²) in [5.74, 6) is 0.968. The monoisotopic (exact) mass is 425 g/mol. The standard InChI is InChI=1S/C27H24ClN3/c1-18-6-8-19(9-7-18)14-15-29-27-30-17-21-16-25(20-10-12-22(28)13-11-20)23-4-2-3-5-24(23)26(21)31-27/h2-13,17,25H,14-16H2,1H3,(H,29,30,31). The molecule has 0 aliphatic heterocycles. The lowest BCUT2D eigenvalue weighted by Crippen LogP contribution is -2.16. The van der Waals surface area contributed by atoms with Crippen molar-refractivity contribution in [2.45, 2.75) is 25.7 Å². The van der Waals surface area contributed by atoms with Crippen LogP contribution in [0.25, 0.3) is 11.3 Å². The second kappa shape index (κ2) is 8.52. The molecule has 31 heavy (non-hydrogen) atoms. The Bertz CT molecular complexity index is 1200. The van der Waals surface area contributed by atoms with E-state index in [1.807, 2.05) is 18.3 Å². The number of benzene rings is 3. The maximum absolute atomic E-state index is 6.11. The van der Waals surface area contributed by atoms with Gasteiger partial charge in [-0.05, 0) is 54.2 Å². The SMILES string of the molecule is Cc1ccc(CCNc2ncc3c(n2)-c2ccccc2C(c2ccc(Cl)cc2)C3)cc1. The van der Waals surface area contributed by atoms with Crippen molar-refractivity contribution in [2.75, 3.05) is 11.9 Å². The minimum atomic E-state index is 0.282. The van der Waals surface area contributed by atoms with Gasteiger partial charge in [0.05, 0.1) is 5.69 Å². The predicted octanol–water partition coefficient (Wildman–Crippen LogP) is 6.45. The van der Waals surface area contributed by atoms with Gasteiger partial charge < -0.3 is 5.32 Å². The minimum Gasteiger partial charge on any atom is -0.354 e. The lowest BCUT2D eigenvalue weighted by Gasteiger charge is -2.27. The van der Waals surface area contributed by atoms with Gasteiger partial charge in [0.15, 0.2) is 0 Å². The van der Waals surface area contributed by atoms with Crippen LogP contribution >= 0.6 is 11.6 Å². The number of rotatable bonds is 5. The normalized spacial score (nSPS) is 14.6. The molecule has 0 radical (unpaired) electrons. The second-order valence-electron chi connectivity index (χ2n) is 8.13. The van der Waals surface area contributed by atoms with E-state index in [1.165, 1.54) is 33.4 Å². The molecule has 1 N–H and O–H groups in total. The van der Waals surface area contributed by atoms with Gasteiger partial charge in [0.1, 0.15) is 0 Å².